The first kappa shape index (κ1) is 14.4. The minimum Gasteiger partial charge on any atom is -0.466 e. The van der Waals surface area contributed by atoms with Gasteiger partial charge < -0.3 is 4.74 Å². The molecule has 0 heterocycles. The van der Waals surface area contributed by atoms with E-state index < -0.39 is 0 Å². The molecule has 3 heteroatoms. The van der Waals surface area contributed by atoms with E-state index in [0.717, 1.165) is 5.56 Å². The second-order valence-electron chi connectivity index (χ2n) is 4.36. The van der Waals surface area contributed by atoms with Crippen LogP contribution in [0.1, 0.15) is 44.6 Å². The highest BCUT2D eigenvalue weighted by Gasteiger charge is 2.12. The summed E-state index contributed by atoms with van der Waals surface area (Å²) in [5.74, 6) is 0.0125. The van der Waals surface area contributed by atoms with Gasteiger partial charge in [0, 0.05) is 12.8 Å². The SMILES string of the molecule is CCOC(=O)CCC(=O)CC(C)c1ccccc1. The van der Waals surface area contributed by atoms with Crippen molar-refractivity contribution in [3.05, 3.63) is 35.9 Å². The van der Waals surface area contributed by atoms with Gasteiger partial charge >= 0.3 is 5.97 Å². The lowest BCUT2D eigenvalue weighted by Crippen LogP contribution is -2.09. The average Bonchev–Trinajstić information content (AvgIpc) is 2.38. The third-order valence-electron chi connectivity index (χ3n) is 2.82. The van der Waals surface area contributed by atoms with Crippen molar-refractivity contribution in [2.24, 2.45) is 0 Å². The lowest BCUT2D eigenvalue weighted by atomic mass is 9.94. The molecular weight excluding hydrogens is 228 g/mol. The molecule has 0 aliphatic rings. The molecule has 98 valence electrons. The van der Waals surface area contributed by atoms with Gasteiger partial charge in [0.15, 0.2) is 0 Å². The Kier molecular flexibility index (Phi) is 6.12. The Balaban J connectivity index is 2.34. The predicted octanol–water partition coefficient (Wildman–Crippen LogP) is 3.09. The van der Waals surface area contributed by atoms with Crippen molar-refractivity contribution in [3.8, 4) is 0 Å². The van der Waals surface area contributed by atoms with Crippen LogP contribution in [0.15, 0.2) is 30.3 Å². The summed E-state index contributed by atoms with van der Waals surface area (Å²) in [4.78, 5) is 22.9. The van der Waals surface area contributed by atoms with Gasteiger partial charge in [0.05, 0.1) is 13.0 Å². The first-order valence-electron chi connectivity index (χ1n) is 6.35. The van der Waals surface area contributed by atoms with Crippen LogP contribution in [0.5, 0.6) is 0 Å². The van der Waals surface area contributed by atoms with Crippen LogP contribution in [-0.2, 0) is 14.3 Å². The summed E-state index contributed by atoms with van der Waals surface area (Å²) >= 11 is 0. The van der Waals surface area contributed by atoms with E-state index in [9.17, 15) is 9.59 Å². The number of benzene rings is 1. The standard InChI is InChI=1S/C15H20O3/c1-3-18-15(17)10-9-14(16)11-12(2)13-7-5-4-6-8-13/h4-8,12H,3,9-11H2,1-2H3. The van der Waals surface area contributed by atoms with Gasteiger partial charge in [0.2, 0.25) is 0 Å². The van der Waals surface area contributed by atoms with Gasteiger partial charge in [-0.1, -0.05) is 37.3 Å². The molecule has 0 N–H and O–H groups in total. The molecular formula is C15H20O3. The largest absolute Gasteiger partial charge is 0.466 e. The van der Waals surface area contributed by atoms with Gasteiger partial charge in [-0.15, -0.1) is 0 Å². The van der Waals surface area contributed by atoms with Gasteiger partial charge in [-0.05, 0) is 18.4 Å². The Morgan fingerprint density at radius 2 is 1.83 bits per heavy atom. The summed E-state index contributed by atoms with van der Waals surface area (Å²) in [6.07, 6.45) is 0.938. The summed E-state index contributed by atoms with van der Waals surface area (Å²) in [6.45, 7) is 4.15. The van der Waals surface area contributed by atoms with Crippen LogP contribution >= 0.6 is 0 Å². The second kappa shape index (κ2) is 7.64. The fourth-order valence-electron chi connectivity index (χ4n) is 1.82. The molecule has 0 aliphatic carbocycles. The van der Waals surface area contributed by atoms with Gasteiger partial charge in [-0.25, -0.2) is 0 Å². The van der Waals surface area contributed by atoms with Crippen LogP contribution in [0.3, 0.4) is 0 Å². The number of hydrogen-bond acceptors (Lipinski definition) is 3. The van der Waals surface area contributed by atoms with Gasteiger partial charge in [-0.3, -0.25) is 9.59 Å². The van der Waals surface area contributed by atoms with Crippen molar-refractivity contribution in [1.82, 2.24) is 0 Å². The summed E-state index contributed by atoms with van der Waals surface area (Å²) in [6, 6.07) is 9.93. The van der Waals surface area contributed by atoms with E-state index in [0.29, 0.717) is 13.0 Å². The number of carbonyl (C=O) groups is 2. The van der Waals surface area contributed by atoms with Crippen molar-refractivity contribution in [3.63, 3.8) is 0 Å². The number of carbonyl (C=O) groups excluding carboxylic acids is 2. The van der Waals surface area contributed by atoms with Crippen molar-refractivity contribution in [2.45, 2.75) is 39.0 Å². The second-order valence-corrected chi connectivity index (χ2v) is 4.36. The molecule has 0 aromatic heterocycles. The minimum absolute atomic E-state index is 0.111. The Hall–Kier alpha value is -1.64. The third-order valence-corrected chi connectivity index (χ3v) is 2.82. The van der Waals surface area contributed by atoms with Crippen LogP contribution < -0.4 is 0 Å². The summed E-state index contributed by atoms with van der Waals surface area (Å²) in [5.41, 5.74) is 1.15. The van der Waals surface area contributed by atoms with E-state index in [4.69, 9.17) is 4.74 Å². The van der Waals surface area contributed by atoms with Crippen LogP contribution in [0.2, 0.25) is 0 Å². The molecule has 0 saturated heterocycles. The van der Waals surface area contributed by atoms with Crippen LogP contribution in [0.25, 0.3) is 0 Å². The molecule has 0 saturated carbocycles. The zero-order valence-electron chi connectivity index (χ0n) is 11.0. The number of Topliss-reactive ketones (excluding diaryl/α,β-unsaturated/α-hetero) is 1. The molecule has 0 aliphatic heterocycles. The maximum Gasteiger partial charge on any atom is 0.306 e. The monoisotopic (exact) mass is 248 g/mol. The number of hydrogen-bond donors (Lipinski definition) is 0. The highest BCUT2D eigenvalue weighted by atomic mass is 16.5. The summed E-state index contributed by atoms with van der Waals surface area (Å²) in [5, 5.41) is 0. The minimum atomic E-state index is -0.293. The molecule has 1 aromatic rings. The van der Waals surface area contributed by atoms with Crippen molar-refractivity contribution in [2.75, 3.05) is 6.61 Å². The number of ketones is 1. The fourth-order valence-corrected chi connectivity index (χ4v) is 1.82. The van der Waals surface area contributed by atoms with E-state index in [1.165, 1.54) is 0 Å². The van der Waals surface area contributed by atoms with E-state index in [1.807, 2.05) is 37.3 Å². The zero-order chi connectivity index (χ0) is 13.4. The van der Waals surface area contributed by atoms with Gasteiger partial charge in [-0.2, -0.15) is 0 Å². The first-order chi connectivity index (χ1) is 8.63. The molecule has 1 atom stereocenters. The third kappa shape index (κ3) is 5.13. The normalized spacial score (nSPS) is 11.9. The van der Waals surface area contributed by atoms with Crippen molar-refractivity contribution >= 4 is 11.8 Å². The molecule has 0 amide bonds. The molecule has 0 fully saturated rings. The lowest BCUT2D eigenvalue weighted by molar-refractivity contribution is -0.144. The van der Waals surface area contributed by atoms with Crippen LogP contribution in [0.4, 0.5) is 0 Å². The average molecular weight is 248 g/mol. The van der Waals surface area contributed by atoms with Crippen LogP contribution in [-0.4, -0.2) is 18.4 Å². The van der Waals surface area contributed by atoms with Gasteiger partial charge in [0.25, 0.3) is 0 Å². The quantitative estimate of drug-likeness (QED) is 0.696. The molecule has 1 aromatic carbocycles. The Morgan fingerprint density at radius 1 is 1.17 bits per heavy atom. The van der Waals surface area contributed by atoms with Crippen molar-refractivity contribution in [1.29, 1.82) is 0 Å². The lowest BCUT2D eigenvalue weighted by Gasteiger charge is -2.10. The predicted molar refractivity (Wildman–Crippen MR) is 70.3 cm³/mol. The number of ether oxygens (including phenoxy) is 1. The first-order valence-corrected chi connectivity index (χ1v) is 6.35. The van der Waals surface area contributed by atoms with Gasteiger partial charge in [0.1, 0.15) is 5.78 Å². The number of esters is 1. The summed E-state index contributed by atoms with van der Waals surface area (Å²) < 4.78 is 4.79. The fraction of sp³-hybridized carbons (Fsp3) is 0.467. The van der Waals surface area contributed by atoms with E-state index in [1.54, 1.807) is 6.92 Å². The Bertz CT molecular complexity index is 384. The molecule has 0 radical (unpaired) electrons. The molecule has 1 rings (SSSR count). The highest BCUT2D eigenvalue weighted by Crippen LogP contribution is 2.19. The van der Waals surface area contributed by atoms with E-state index >= 15 is 0 Å². The Labute approximate surface area is 108 Å². The van der Waals surface area contributed by atoms with Crippen LogP contribution in [0, 0.1) is 0 Å². The smallest absolute Gasteiger partial charge is 0.306 e. The van der Waals surface area contributed by atoms with E-state index in [2.05, 4.69) is 0 Å². The van der Waals surface area contributed by atoms with Crippen molar-refractivity contribution < 1.29 is 14.3 Å². The Morgan fingerprint density at radius 3 is 2.44 bits per heavy atom. The highest BCUT2D eigenvalue weighted by molar-refractivity contribution is 5.83. The van der Waals surface area contributed by atoms with E-state index in [-0.39, 0.29) is 30.5 Å². The maximum atomic E-state index is 11.7. The summed E-state index contributed by atoms with van der Waals surface area (Å²) in [7, 11) is 0. The molecule has 18 heavy (non-hydrogen) atoms. The molecule has 3 nitrogen and oxygen atoms in total. The maximum absolute atomic E-state index is 11.7. The molecule has 0 spiro atoms. The molecule has 1 unspecified atom stereocenters. The number of rotatable bonds is 7. The topological polar surface area (TPSA) is 43.4 Å². The zero-order valence-corrected chi connectivity index (χ0v) is 11.0. The molecule has 0 bridgehead atoms.